The van der Waals surface area contributed by atoms with Crippen LogP contribution < -0.4 is 5.73 Å². The molecule has 0 amide bonds. The number of rotatable bonds is 5. The highest BCUT2D eigenvalue weighted by Gasteiger charge is 2.12. The molecule has 1 nitrogen and oxygen atoms in total. The summed E-state index contributed by atoms with van der Waals surface area (Å²) in [4.78, 5) is 1.20. The Morgan fingerprint density at radius 1 is 1.17 bits per heavy atom. The molecule has 0 aliphatic rings. The van der Waals surface area contributed by atoms with E-state index in [1.165, 1.54) is 10.9 Å². The van der Waals surface area contributed by atoms with Crippen molar-refractivity contribution < 1.29 is 4.39 Å². The lowest BCUT2D eigenvalue weighted by atomic mass is 9.95. The van der Waals surface area contributed by atoms with Gasteiger partial charge in [-0.1, -0.05) is 29.8 Å². The van der Waals surface area contributed by atoms with Gasteiger partial charge in [0.15, 0.2) is 0 Å². The second-order valence-corrected chi connectivity index (χ2v) is 6.11. The van der Waals surface area contributed by atoms with E-state index >= 15 is 0 Å². The van der Waals surface area contributed by atoms with Crippen molar-refractivity contribution in [1.82, 2.24) is 0 Å². The number of hydrogen-bond acceptors (Lipinski definition) is 2. The van der Waals surface area contributed by atoms with Gasteiger partial charge >= 0.3 is 0 Å². The van der Waals surface area contributed by atoms with Gasteiger partial charge < -0.3 is 5.73 Å². The summed E-state index contributed by atoms with van der Waals surface area (Å²) in [5.41, 5.74) is 6.51. The fraction of sp³-hybridized carbons (Fsp3) is 0.286. The van der Waals surface area contributed by atoms with Crippen molar-refractivity contribution in [1.29, 1.82) is 0 Å². The summed E-state index contributed by atoms with van der Waals surface area (Å²) in [6, 6.07) is 10.8. The Hall–Kier alpha value is -0.900. The van der Waals surface area contributed by atoms with Crippen molar-refractivity contribution in [2.24, 2.45) is 11.7 Å². The molecule has 2 rings (SSSR count). The summed E-state index contributed by atoms with van der Waals surface area (Å²) in [6.07, 6.45) is 1.51. The lowest BCUT2D eigenvalue weighted by Crippen LogP contribution is -2.19. The fourth-order valence-electron chi connectivity index (χ4n) is 1.96. The molecule has 1 heterocycles. The summed E-state index contributed by atoms with van der Waals surface area (Å²) in [6.45, 7) is 0.545. The van der Waals surface area contributed by atoms with Crippen LogP contribution in [0.15, 0.2) is 36.4 Å². The highest BCUT2D eigenvalue weighted by atomic mass is 35.5. The molecule has 0 aliphatic heterocycles. The van der Waals surface area contributed by atoms with Crippen molar-refractivity contribution in [2.45, 2.75) is 12.8 Å². The molecule has 0 aliphatic carbocycles. The molecule has 2 aromatic rings. The predicted molar refractivity (Wildman–Crippen MR) is 75.7 cm³/mol. The molecule has 0 radical (unpaired) electrons. The predicted octanol–water partition coefficient (Wildman–Crippen LogP) is 3.90. The van der Waals surface area contributed by atoms with Gasteiger partial charge in [-0.2, -0.15) is 0 Å². The molecule has 0 saturated heterocycles. The quantitative estimate of drug-likeness (QED) is 0.885. The van der Waals surface area contributed by atoms with E-state index < -0.39 is 0 Å². The van der Waals surface area contributed by atoms with E-state index in [1.807, 2.05) is 24.3 Å². The van der Waals surface area contributed by atoms with Crippen molar-refractivity contribution >= 4 is 22.9 Å². The standard InChI is InChI=1S/C14H15ClFNS/c15-14-6-5-12(18-14)8-10(9-17)7-11-3-1-2-4-13(11)16/h1-6,10H,7-9,17H2. The molecular weight excluding hydrogens is 269 g/mol. The second kappa shape index (κ2) is 6.32. The van der Waals surface area contributed by atoms with E-state index in [0.29, 0.717) is 13.0 Å². The number of hydrogen-bond donors (Lipinski definition) is 1. The van der Waals surface area contributed by atoms with Crippen LogP contribution >= 0.6 is 22.9 Å². The summed E-state index contributed by atoms with van der Waals surface area (Å²) >= 11 is 7.46. The highest BCUT2D eigenvalue weighted by molar-refractivity contribution is 7.16. The van der Waals surface area contributed by atoms with Crippen LogP contribution in [0, 0.1) is 11.7 Å². The first-order chi connectivity index (χ1) is 8.69. The van der Waals surface area contributed by atoms with Crippen molar-refractivity contribution in [3.8, 4) is 0 Å². The van der Waals surface area contributed by atoms with E-state index in [4.69, 9.17) is 17.3 Å². The van der Waals surface area contributed by atoms with Crippen LogP contribution in [-0.4, -0.2) is 6.54 Å². The third-order valence-corrected chi connectivity index (χ3v) is 4.17. The molecule has 1 aromatic heterocycles. The van der Waals surface area contributed by atoms with Crippen molar-refractivity contribution in [3.05, 3.63) is 57.0 Å². The number of benzene rings is 1. The lowest BCUT2D eigenvalue weighted by Gasteiger charge is -2.14. The van der Waals surface area contributed by atoms with Gasteiger partial charge in [-0.25, -0.2) is 4.39 Å². The normalized spacial score (nSPS) is 12.6. The van der Waals surface area contributed by atoms with Crippen LogP contribution in [0.1, 0.15) is 10.4 Å². The maximum Gasteiger partial charge on any atom is 0.126 e. The SMILES string of the molecule is NCC(Cc1ccc(Cl)s1)Cc1ccccc1F. The van der Waals surface area contributed by atoms with E-state index in [1.54, 1.807) is 17.4 Å². The maximum atomic E-state index is 13.6. The third-order valence-electron chi connectivity index (χ3n) is 2.92. The third kappa shape index (κ3) is 3.55. The van der Waals surface area contributed by atoms with E-state index in [-0.39, 0.29) is 11.7 Å². The largest absolute Gasteiger partial charge is 0.330 e. The zero-order valence-corrected chi connectivity index (χ0v) is 11.5. The van der Waals surface area contributed by atoms with E-state index in [2.05, 4.69) is 0 Å². The van der Waals surface area contributed by atoms with Gasteiger partial charge in [0.2, 0.25) is 0 Å². The van der Waals surface area contributed by atoms with Crippen LogP contribution in [0.25, 0.3) is 0 Å². The first-order valence-corrected chi connectivity index (χ1v) is 7.06. The number of thiophene rings is 1. The zero-order valence-electron chi connectivity index (χ0n) is 9.90. The number of halogens is 2. The minimum absolute atomic E-state index is 0.153. The molecule has 0 spiro atoms. The zero-order chi connectivity index (χ0) is 13.0. The van der Waals surface area contributed by atoms with Gasteiger partial charge in [-0.15, -0.1) is 11.3 Å². The molecule has 0 bridgehead atoms. The van der Waals surface area contributed by atoms with Crippen LogP contribution in [0.5, 0.6) is 0 Å². The number of nitrogens with two attached hydrogens (primary N) is 1. The van der Waals surface area contributed by atoms with Crippen LogP contribution in [-0.2, 0) is 12.8 Å². The van der Waals surface area contributed by atoms with E-state index in [0.717, 1.165) is 16.3 Å². The second-order valence-electron chi connectivity index (χ2n) is 4.31. The molecule has 1 atom stereocenters. The monoisotopic (exact) mass is 283 g/mol. The Balaban J connectivity index is 2.04. The molecule has 96 valence electrons. The molecular formula is C14H15ClFNS. The molecule has 18 heavy (non-hydrogen) atoms. The molecule has 0 saturated carbocycles. The first kappa shape index (κ1) is 13.5. The van der Waals surface area contributed by atoms with Crippen LogP contribution in [0.3, 0.4) is 0 Å². The van der Waals surface area contributed by atoms with Gasteiger partial charge in [0.25, 0.3) is 0 Å². The van der Waals surface area contributed by atoms with Crippen LogP contribution in [0.4, 0.5) is 4.39 Å². The summed E-state index contributed by atoms with van der Waals surface area (Å²) in [7, 11) is 0. The molecule has 4 heteroatoms. The molecule has 1 aromatic carbocycles. The average Bonchev–Trinajstić information content (AvgIpc) is 2.76. The maximum absolute atomic E-state index is 13.6. The molecule has 0 fully saturated rings. The minimum atomic E-state index is -0.153. The Kier molecular flexibility index (Phi) is 4.75. The van der Waals surface area contributed by atoms with Gasteiger partial charge in [0, 0.05) is 4.88 Å². The minimum Gasteiger partial charge on any atom is -0.330 e. The van der Waals surface area contributed by atoms with Crippen LogP contribution in [0.2, 0.25) is 4.34 Å². The Labute approximate surface area is 115 Å². The summed E-state index contributed by atoms with van der Waals surface area (Å²) in [5, 5.41) is 0. The summed E-state index contributed by atoms with van der Waals surface area (Å²) in [5.74, 6) is 0.0942. The lowest BCUT2D eigenvalue weighted by molar-refractivity contribution is 0.515. The topological polar surface area (TPSA) is 26.0 Å². The van der Waals surface area contributed by atoms with Gasteiger partial charge in [0.05, 0.1) is 4.34 Å². The average molecular weight is 284 g/mol. The van der Waals surface area contributed by atoms with E-state index in [9.17, 15) is 4.39 Å². The summed E-state index contributed by atoms with van der Waals surface area (Å²) < 4.78 is 14.4. The van der Waals surface area contributed by atoms with Gasteiger partial charge in [-0.05, 0) is 49.1 Å². The van der Waals surface area contributed by atoms with Gasteiger partial charge in [0.1, 0.15) is 5.82 Å². The van der Waals surface area contributed by atoms with Crippen molar-refractivity contribution in [3.63, 3.8) is 0 Å². The smallest absolute Gasteiger partial charge is 0.126 e. The fourth-order valence-corrected chi connectivity index (χ4v) is 3.16. The Bertz CT molecular complexity index is 512. The molecule has 2 N–H and O–H groups in total. The molecule has 1 unspecified atom stereocenters. The first-order valence-electron chi connectivity index (χ1n) is 5.86. The van der Waals surface area contributed by atoms with Gasteiger partial charge in [-0.3, -0.25) is 0 Å². The van der Waals surface area contributed by atoms with Crippen molar-refractivity contribution in [2.75, 3.05) is 6.54 Å². The Morgan fingerprint density at radius 2 is 1.94 bits per heavy atom. The highest BCUT2D eigenvalue weighted by Crippen LogP contribution is 2.25. The Morgan fingerprint density at radius 3 is 2.56 bits per heavy atom.